The molecule has 0 radical (unpaired) electrons. The highest BCUT2D eigenvalue weighted by Crippen LogP contribution is 2.38. The quantitative estimate of drug-likeness (QED) is 0.765. The number of benzene rings is 2. The van der Waals surface area contributed by atoms with E-state index < -0.39 is 0 Å². The first kappa shape index (κ1) is 19.7. The Labute approximate surface area is 171 Å². The number of hydrogen-bond acceptors (Lipinski definition) is 4. The molecule has 0 aromatic heterocycles. The molecule has 2 aliphatic rings. The summed E-state index contributed by atoms with van der Waals surface area (Å²) in [4.78, 5) is 16.9. The second kappa shape index (κ2) is 8.41. The molecule has 0 aliphatic carbocycles. The SMILES string of the molecule is C[C@H](c1ccc(F)cc1)N(C)C(=O)CN1CCC[C@@H]1c1ccc2c(c1)OCCO2. The molecule has 5 nitrogen and oxygen atoms in total. The van der Waals surface area contributed by atoms with Crippen molar-refractivity contribution in [2.24, 2.45) is 0 Å². The minimum absolute atomic E-state index is 0.0614. The van der Waals surface area contributed by atoms with Gasteiger partial charge in [-0.3, -0.25) is 9.69 Å². The molecule has 2 aromatic carbocycles. The van der Waals surface area contributed by atoms with Crippen LogP contribution in [-0.2, 0) is 4.79 Å². The third-order valence-corrected chi connectivity index (χ3v) is 5.98. The van der Waals surface area contributed by atoms with Gasteiger partial charge in [-0.15, -0.1) is 0 Å². The molecule has 0 unspecified atom stereocenters. The van der Waals surface area contributed by atoms with E-state index in [9.17, 15) is 9.18 Å². The summed E-state index contributed by atoms with van der Waals surface area (Å²) in [5, 5.41) is 0. The molecule has 0 bridgehead atoms. The Balaban J connectivity index is 1.44. The Morgan fingerprint density at radius 3 is 2.66 bits per heavy atom. The summed E-state index contributed by atoms with van der Waals surface area (Å²) >= 11 is 0. The van der Waals surface area contributed by atoms with Crippen molar-refractivity contribution in [3.63, 3.8) is 0 Å². The van der Waals surface area contributed by atoms with Crippen LogP contribution in [0.15, 0.2) is 42.5 Å². The van der Waals surface area contributed by atoms with Crippen LogP contribution in [0.3, 0.4) is 0 Å². The van der Waals surface area contributed by atoms with Gasteiger partial charge in [-0.1, -0.05) is 18.2 Å². The highest BCUT2D eigenvalue weighted by Gasteiger charge is 2.30. The van der Waals surface area contributed by atoms with Crippen molar-refractivity contribution >= 4 is 5.91 Å². The number of ether oxygens (including phenoxy) is 2. The van der Waals surface area contributed by atoms with E-state index in [1.807, 2.05) is 26.1 Å². The predicted molar refractivity (Wildman–Crippen MR) is 109 cm³/mol. The zero-order chi connectivity index (χ0) is 20.4. The van der Waals surface area contributed by atoms with Gasteiger partial charge >= 0.3 is 0 Å². The lowest BCUT2D eigenvalue weighted by molar-refractivity contribution is -0.133. The van der Waals surface area contributed by atoms with Crippen molar-refractivity contribution in [2.75, 3.05) is 33.4 Å². The average molecular weight is 398 g/mol. The lowest BCUT2D eigenvalue weighted by Gasteiger charge is -2.30. The number of rotatable bonds is 5. The largest absolute Gasteiger partial charge is 0.486 e. The highest BCUT2D eigenvalue weighted by molar-refractivity contribution is 5.78. The van der Waals surface area contributed by atoms with Gasteiger partial charge in [0.15, 0.2) is 11.5 Å². The van der Waals surface area contributed by atoms with Crippen LogP contribution in [0.2, 0.25) is 0 Å². The summed E-state index contributed by atoms with van der Waals surface area (Å²) in [6.45, 7) is 4.36. The first-order valence-corrected chi connectivity index (χ1v) is 10.2. The van der Waals surface area contributed by atoms with Crippen molar-refractivity contribution in [1.82, 2.24) is 9.80 Å². The van der Waals surface area contributed by atoms with Gasteiger partial charge in [-0.05, 0) is 61.7 Å². The van der Waals surface area contributed by atoms with Crippen molar-refractivity contribution in [1.29, 1.82) is 0 Å². The summed E-state index contributed by atoms with van der Waals surface area (Å²) in [6, 6.07) is 12.5. The van der Waals surface area contributed by atoms with Gasteiger partial charge in [0.25, 0.3) is 0 Å². The van der Waals surface area contributed by atoms with Gasteiger partial charge in [0.05, 0.1) is 12.6 Å². The molecule has 2 atom stereocenters. The van der Waals surface area contributed by atoms with Crippen molar-refractivity contribution in [3.8, 4) is 11.5 Å². The normalized spacial score (nSPS) is 19.8. The second-order valence-electron chi connectivity index (χ2n) is 7.76. The Hall–Kier alpha value is -2.60. The maximum absolute atomic E-state index is 13.2. The zero-order valence-corrected chi connectivity index (χ0v) is 16.9. The van der Waals surface area contributed by atoms with Crippen LogP contribution in [0.4, 0.5) is 4.39 Å². The number of amides is 1. The molecule has 2 aliphatic heterocycles. The van der Waals surface area contributed by atoms with E-state index in [1.54, 1.807) is 17.0 Å². The number of likely N-dealkylation sites (tertiary alicyclic amines) is 1. The standard InChI is InChI=1S/C23H27FN2O3/c1-16(17-5-8-19(24)9-6-17)25(2)23(27)15-26-11-3-4-20(26)18-7-10-21-22(14-18)29-13-12-28-21/h5-10,14,16,20H,3-4,11-13,15H2,1-2H3/t16-,20-/m1/s1. The Kier molecular flexibility index (Phi) is 5.72. The van der Waals surface area contributed by atoms with Gasteiger partial charge in [0, 0.05) is 13.1 Å². The van der Waals surface area contributed by atoms with Gasteiger partial charge in [-0.25, -0.2) is 4.39 Å². The number of carbonyl (C=O) groups is 1. The minimum Gasteiger partial charge on any atom is -0.486 e. The molecule has 1 saturated heterocycles. The fourth-order valence-corrected chi connectivity index (χ4v) is 4.13. The van der Waals surface area contributed by atoms with E-state index in [0.29, 0.717) is 19.8 Å². The fourth-order valence-electron chi connectivity index (χ4n) is 4.13. The number of fused-ring (bicyclic) bond motifs is 1. The topological polar surface area (TPSA) is 42.0 Å². The average Bonchev–Trinajstić information content (AvgIpc) is 3.21. The van der Waals surface area contributed by atoms with Gasteiger partial charge in [0.1, 0.15) is 19.0 Å². The van der Waals surface area contributed by atoms with Crippen LogP contribution in [0.1, 0.15) is 43.0 Å². The van der Waals surface area contributed by atoms with E-state index >= 15 is 0 Å². The van der Waals surface area contributed by atoms with Crippen molar-refractivity contribution in [3.05, 3.63) is 59.4 Å². The smallest absolute Gasteiger partial charge is 0.237 e. The minimum atomic E-state index is -0.269. The predicted octanol–water partition coefficient (Wildman–Crippen LogP) is 3.95. The molecule has 154 valence electrons. The molecule has 1 fully saturated rings. The number of likely N-dealkylation sites (N-methyl/N-ethyl adjacent to an activating group) is 1. The third-order valence-electron chi connectivity index (χ3n) is 5.98. The molecule has 0 N–H and O–H groups in total. The first-order chi connectivity index (χ1) is 14.0. The first-order valence-electron chi connectivity index (χ1n) is 10.2. The van der Waals surface area contributed by atoms with E-state index in [2.05, 4.69) is 11.0 Å². The molecule has 6 heteroatoms. The summed E-state index contributed by atoms with van der Waals surface area (Å²) in [5.74, 6) is 1.36. The molecular weight excluding hydrogens is 371 g/mol. The molecule has 1 amide bonds. The van der Waals surface area contributed by atoms with E-state index in [1.165, 1.54) is 12.1 Å². The Bertz CT molecular complexity index is 871. The van der Waals surface area contributed by atoms with Gasteiger partial charge < -0.3 is 14.4 Å². The van der Waals surface area contributed by atoms with Gasteiger partial charge in [-0.2, -0.15) is 0 Å². The molecule has 2 aromatic rings. The van der Waals surface area contributed by atoms with Gasteiger partial charge in [0.2, 0.25) is 5.91 Å². The monoisotopic (exact) mass is 398 g/mol. The van der Waals surface area contributed by atoms with E-state index in [0.717, 1.165) is 42.0 Å². The van der Waals surface area contributed by atoms with Crippen LogP contribution in [0.5, 0.6) is 11.5 Å². The third kappa shape index (κ3) is 4.22. The molecule has 0 spiro atoms. The van der Waals surface area contributed by atoms with Crippen LogP contribution in [0, 0.1) is 5.82 Å². The van der Waals surface area contributed by atoms with Crippen LogP contribution < -0.4 is 9.47 Å². The van der Waals surface area contributed by atoms with Crippen LogP contribution in [-0.4, -0.2) is 49.1 Å². The second-order valence-corrected chi connectivity index (χ2v) is 7.76. The van der Waals surface area contributed by atoms with E-state index in [4.69, 9.17) is 9.47 Å². The maximum atomic E-state index is 13.2. The fraction of sp³-hybridized carbons (Fsp3) is 0.435. The number of halogens is 1. The summed E-state index contributed by atoms with van der Waals surface area (Å²) in [7, 11) is 1.81. The highest BCUT2D eigenvalue weighted by atomic mass is 19.1. The molecule has 29 heavy (non-hydrogen) atoms. The van der Waals surface area contributed by atoms with Crippen molar-refractivity contribution < 1.29 is 18.7 Å². The molecular formula is C23H27FN2O3. The maximum Gasteiger partial charge on any atom is 0.237 e. The lowest BCUT2D eigenvalue weighted by atomic mass is 10.0. The summed E-state index contributed by atoms with van der Waals surface area (Å²) in [5.41, 5.74) is 2.08. The summed E-state index contributed by atoms with van der Waals surface area (Å²) in [6.07, 6.45) is 2.08. The Morgan fingerprint density at radius 2 is 1.90 bits per heavy atom. The van der Waals surface area contributed by atoms with E-state index in [-0.39, 0.29) is 23.8 Å². The summed E-state index contributed by atoms with van der Waals surface area (Å²) < 4.78 is 24.5. The molecule has 4 rings (SSSR count). The van der Waals surface area contributed by atoms with Crippen molar-refractivity contribution in [2.45, 2.75) is 31.8 Å². The molecule has 2 heterocycles. The van der Waals surface area contributed by atoms with Crippen LogP contribution in [0.25, 0.3) is 0 Å². The number of nitrogens with zero attached hydrogens (tertiary/aromatic N) is 2. The Morgan fingerprint density at radius 1 is 1.17 bits per heavy atom. The lowest BCUT2D eigenvalue weighted by Crippen LogP contribution is -2.39. The number of hydrogen-bond donors (Lipinski definition) is 0. The zero-order valence-electron chi connectivity index (χ0n) is 16.9. The molecule has 0 saturated carbocycles. The van der Waals surface area contributed by atoms with Crippen LogP contribution >= 0.6 is 0 Å². The number of carbonyl (C=O) groups excluding carboxylic acids is 1.